The standard InChI is InChI=1S/C17H21Cl2NO4S/c18-15-4-3-12(8-16(15)19)9-17(21)20(10-14-2-1-6-24-14)13-5-7-25(22,23)11-13/h3-4,8,13-14H,1-2,5-7,9-11H2. The highest BCUT2D eigenvalue weighted by Gasteiger charge is 2.36. The Morgan fingerprint density at radius 2 is 2.04 bits per heavy atom. The molecule has 2 saturated heterocycles. The summed E-state index contributed by atoms with van der Waals surface area (Å²) in [5, 5.41) is 0.844. The van der Waals surface area contributed by atoms with Gasteiger partial charge in [0.15, 0.2) is 9.84 Å². The van der Waals surface area contributed by atoms with Gasteiger partial charge in [-0.3, -0.25) is 4.79 Å². The van der Waals surface area contributed by atoms with Crippen LogP contribution in [0.15, 0.2) is 18.2 Å². The van der Waals surface area contributed by atoms with Gasteiger partial charge in [-0.25, -0.2) is 8.42 Å². The molecule has 0 aromatic heterocycles. The van der Waals surface area contributed by atoms with Crippen LogP contribution < -0.4 is 0 Å². The number of rotatable bonds is 5. The molecule has 0 spiro atoms. The zero-order valence-electron chi connectivity index (χ0n) is 13.8. The smallest absolute Gasteiger partial charge is 0.227 e. The first-order chi connectivity index (χ1) is 11.8. The molecule has 2 fully saturated rings. The minimum Gasteiger partial charge on any atom is -0.376 e. The number of ether oxygens (including phenoxy) is 1. The third-order valence-corrected chi connectivity index (χ3v) is 7.22. The highest BCUT2D eigenvalue weighted by atomic mass is 35.5. The Hall–Kier alpha value is -0.820. The summed E-state index contributed by atoms with van der Waals surface area (Å²) in [6.07, 6.45) is 2.52. The van der Waals surface area contributed by atoms with Crippen LogP contribution in [0.25, 0.3) is 0 Å². The van der Waals surface area contributed by atoms with Crippen LogP contribution >= 0.6 is 23.2 Å². The number of halogens is 2. The largest absolute Gasteiger partial charge is 0.376 e. The van der Waals surface area contributed by atoms with Crippen LogP contribution in [0.1, 0.15) is 24.8 Å². The van der Waals surface area contributed by atoms with Crippen molar-refractivity contribution in [2.24, 2.45) is 0 Å². The zero-order chi connectivity index (χ0) is 18.0. The van der Waals surface area contributed by atoms with Gasteiger partial charge in [0.1, 0.15) is 0 Å². The molecule has 2 heterocycles. The molecule has 25 heavy (non-hydrogen) atoms. The second kappa shape index (κ2) is 7.82. The zero-order valence-corrected chi connectivity index (χ0v) is 16.1. The second-order valence-corrected chi connectivity index (χ2v) is 9.71. The van der Waals surface area contributed by atoms with Gasteiger partial charge in [0.25, 0.3) is 0 Å². The van der Waals surface area contributed by atoms with Gasteiger partial charge in [-0.1, -0.05) is 29.3 Å². The first-order valence-electron chi connectivity index (χ1n) is 8.39. The fraction of sp³-hybridized carbons (Fsp3) is 0.588. The highest BCUT2D eigenvalue weighted by molar-refractivity contribution is 7.91. The molecule has 0 bridgehead atoms. The van der Waals surface area contributed by atoms with Crippen LogP contribution in [0.4, 0.5) is 0 Å². The molecule has 0 N–H and O–H groups in total. The Morgan fingerprint density at radius 3 is 2.64 bits per heavy atom. The van der Waals surface area contributed by atoms with Crippen molar-refractivity contribution in [2.75, 3.05) is 24.7 Å². The molecule has 5 nitrogen and oxygen atoms in total. The molecule has 1 amide bonds. The van der Waals surface area contributed by atoms with E-state index in [-0.39, 0.29) is 36.0 Å². The van der Waals surface area contributed by atoms with Crippen LogP contribution in [0.2, 0.25) is 10.0 Å². The molecule has 1 aromatic rings. The lowest BCUT2D eigenvalue weighted by Gasteiger charge is -2.30. The first kappa shape index (κ1) is 19.0. The normalized spacial score (nSPS) is 25.2. The van der Waals surface area contributed by atoms with Crippen molar-refractivity contribution < 1.29 is 17.9 Å². The molecule has 0 radical (unpaired) electrons. The first-order valence-corrected chi connectivity index (χ1v) is 11.0. The molecule has 0 saturated carbocycles. The Labute approximate surface area is 158 Å². The van der Waals surface area contributed by atoms with Crippen LogP contribution in [0.3, 0.4) is 0 Å². The van der Waals surface area contributed by atoms with E-state index in [2.05, 4.69) is 0 Å². The molecule has 2 aliphatic rings. The number of carbonyl (C=O) groups excluding carboxylic acids is 1. The predicted octanol–water partition coefficient (Wildman–Crippen LogP) is 2.73. The minimum atomic E-state index is -3.07. The monoisotopic (exact) mass is 405 g/mol. The average molecular weight is 406 g/mol. The fourth-order valence-corrected chi connectivity index (χ4v) is 5.46. The summed E-state index contributed by atoms with van der Waals surface area (Å²) in [5.41, 5.74) is 0.762. The van der Waals surface area contributed by atoms with Crippen molar-refractivity contribution in [3.05, 3.63) is 33.8 Å². The Kier molecular flexibility index (Phi) is 5.93. The molecule has 1 aromatic carbocycles. The third-order valence-electron chi connectivity index (χ3n) is 4.73. The van der Waals surface area contributed by atoms with Gasteiger partial charge in [-0.05, 0) is 37.0 Å². The van der Waals surface area contributed by atoms with Crippen LogP contribution in [0, 0.1) is 0 Å². The lowest BCUT2D eigenvalue weighted by Crippen LogP contribution is -2.46. The van der Waals surface area contributed by atoms with Gasteiger partial charge in [0.05, 0.1) is 34.1 Å². The molecule has 2 aliphatic heterocycles. The molecule has 2 unspecified atom stereocenters. The van der Waals surface area contributed by atoms with Crippen molar-refractivity contribution in [1.82, 2.24) is 4.90 Å². The summed E-state index contributed by atoms with van der Waals surface area (Å²) in [7, 11) is -3.07. The number of hydrogen-bond acceptors (Lipinski definition) is 4. The number of amides is 1. The van der Waals surface area contributed by atoms with E-state index < -0.39 is 9.84 Å². The minimum absolute atomic E-state index is 0.0129. The van der Waals surface area contributed by atoms with Crippen LogP contribution in [-0.2, 0) is 25.8 Å². The van der Waals surface area contributed by atoms with Gasteiger partial charge in [0, 0.05) is 19.2 Å². The summed E-state index contributed by atoms with van der Waals surface area (Å²) >= 11 is 11.9. The number of hydrogen-bond donors (Lipinski definition) is 0. The van der Waals surface area contributed by atoms with E-state index in [4.69, 9.17) is 27.9 Å². The second-order valence-electron chi connectivity index (χ2n) is 6.66. The van der Waals surface area contributed by atoms with Crippen molar-refractivity contribution in [3.63, 3.8) is 0 Å². The number of sulfone groups is 1. The molecule has 0 aliphatic carbocycles. The van der Waals surface area contributed by atoms with E-state index in [1.54, 1.807) is 23.1 Å². The van der Waals surface area contributed by atoms with Gasteiger partial charge in [-0.15, -0.1) is 0 Å². The molecular formula is C17H21Cl2NO4S. The van der Waals surface area contributed by atoms with Gasteiger partial charge < -0.3 is 9.64 Å². The number of nitrogens with zero attached hydrogens (tertiary/aromatic N) is 1. The lowest BCUT2D eigenvalue weighted by atomic mass is 10.1. The van der Waals surface area contributed by atoms with Crippen molar-refractivity contribution >= 4 is 38.9 Å². The van der Waals surface area contributed by atoms with Crippen LogP contribution in [0.5, 0.6) is 0 Å². The SMILES string of the molecule is O=C(Cc1ccc(Cl)c(Cl)c1)N(CC1CCCO1)C1CCS(=O)(=O)C1. The molecular weight excluding hydrogens is 385 g/mol. The Bertz CT molecular complexity index is 747. The average Bonchev–Trinajstić information content (AvgIpc) is 3.17. The summed E-state index contributed by atoms with van der Waals surface area (Å²) in [6, 6.07) is 4.83. The maximum Gasteiger partial charge on any atom is 0.227 e. The summed E-state index contributed by atoms with van der Waals surface area (Å²) in [6.45, 7) is 1.14. The third kappa shape index (κ3) is 4.88. The highest BCUT2D eigenvalue weighted by Crippen LogP contribution is 2.25. The summed E-state index contributed by atoms with van der Waals surface area (Å²) < 4.78 is 29.3. The number of carbonyl (C=O) groups is 1. The van der Waals surface area contributed by atoms with E-state index >= 15 is 0 Å². The maximum atomic E-state index is 12.9. The maximum absolute atomic E-state index is 12.9. The lowest BCUT2D eigenvalue weighted by molar-refractivity contribution is -0.134. The fourth-order valence-electron chi connectivity index (χ4n) is 3.41. The molecule has 3 rings (SSSR count). The van der Waals surface area contributed by atoms with Crippen molar-refractivity contribution in [2.45, 2.75) is 37.8 Å². The van der Waals surface area contributed by atoms with E-state index in [0.717, 1.165) is 18.4 Å². The number of benzene rings is 1. The predicted molar refractivity (Wildman–Crippen MR) is 97.9 cm³/mol. The van der Waals surface area contributed by atoms with Gasteiger partial charge in [0.2, 0.25) is 5.91 Å². The molecule has 138 valence electrons. The van der Waals surface area contributed by atoms with Crippen molar-refractivity contribution in [1.29, 1.82) is 0 Å². The quantitative estimate of drug-likeness (QED) is 0.755. The van der Waals surface area contributed by atoms with E-state index in [9.17, 15) is 13.2 Å². The Morgan fingerprint density at radius 1 is 1.24 bits per heavy atom. The summed E-state index contributed by atoms with van der Waals surface area (Å²) in [4.78, 5) is 14.6. The molecule has 8 heteroatoms. The topological polar surface area (TPSA) is 63.7 Å². The Balaban J connectivity index is 1.74. The van der Waals surface area contributed by atoms with Gasteiger partial charge >= 0.3 is 0 Å². The van der Waals surface area contributed by atoms with Crippen LogP contribution in [-0.4, -0.2) is 56.0 Å². The van der Waals surface area contributed by atoms with E-state index in [0.29, 0.717) is 29.6 Å². The summed E-state index contributed by atoms with van der Waals surface area (Å²) in [5.74, 6) is 0.0723. The van der Waals surface area contributed by atoms with Crippen molar-refractivity contribution in [3.8, 4) is 0 Å². The molecule has 2 atom stereocenters. The van der Waals surface area contributed by atoms with Gasteiger partial charge in [-0.2, -0.15) is 0 Å². The van der Waals surface area contributed by atoms with E-state index in [1.807, 2.05) is 0 Å². The van der Waals surface area contributed by atoms with E-state index in [1.165, 1.54) is 0 Å².